The van der Waals surface area contributed by atoms with Gasteiger partial charge in [0, 0.05) is 6.92 Å². The Morgan fingerprint density at radius 2 is 0.953 bits per heavy atom. The maximum Gasteiger partial charge on any atom is 0.407 e. The van der Waals surface area contributed by atoms with Crippen molar-refractivity contribution in [2.24, 2.45) is 0 Å². The Morgan fingerprint density at radius 1 is 0.516 bits per heavy atom. The van der Waals surface area contributed by atoms with E-state index in [0.717, 1.165) is 27.8 Å². The molecule has 4 N–H and O–H groups in total. The first kappa shape index (κ1) is 46.5. The van der Waals surface area contributed by atoms with Crippen LogP contribution in [-0.2, 0) is 75.7 Å². The van der Waals surface area contributed by atoms with E-state index >= 15 is 0 Å². The Balaban J connectivity index is 1.21. The molecule has 2 aliphatic rings. The van der Waals surface area contributed by atoms with Crippen LogP contribution >= 0.6 is 0 Å². The number of hydrogen-bond acceptors (Lipinski definition) is 12. The van der Waals surface area contributed by atoms with E-state index in [9.17, 15) is 19.8 Å². The van der Waals surface area contributed by atoms with Gasteiger partial charge < -0.3 is 58.7 Å². The Morgan fingerprint density at radius 3 is 1.44 bits per heavy atom. The van der Waals surface area contributed by atoms with Crippen LogP contribution in [0.5, 0.6) is 0 Å². The van der Waals surface area contributed by atoms with Gasteiger partial charge in [-0.25, -0.2) is 4.79 Å². The molecular weight excluding hydrogens is 821 g/mol. The van der Waals surface area contributed by atoms with Crippen molar-refractivity contribution < 1.29 is 57.7 Å². The van der Waals surface area contributed by atoms with Gasteiger partial charge in [0.25, 0.3) is 0 Å². The molecule has 0 saturated carbocycles. The van der Waals surface area contributed by atoms with Crippen LogP contribution in [0.1, 0.15) is 34.7 Å². The van der Waals surface area contributed by atoms with E-state index in [2.05, 4.69) is 10.6 Å². The Kier molecular flexibility index (Phi) is 17.4. The fraction of sp³-hybridized carbons (Fsp3) is 0.360. The fourth-order valence-electron chi connectivity index (χ4n) is 7.65. The number of nitrogens with one attached hydrogen (secondary N) is 2. The zero-order chi connectivity index (χ0) is 44.5. The summed E-state index contributed by atoms with van der Waals surface area (Å²) in [6.07, 6.45) is -10.4. The van der Waals surface area contributed by atoms with Crippen LogP contribution in [0.3, 0.4) is 0 Å². The average Bonchev–Trinajstić information content (AvgIpc) is 3.32. The first-order valence-corrected chi connectivity index (χ1v) is 21.4. The Bertz CT molecular complexity index is 2120. The monoisotopic (exact) mass is 876 g/mol. The van der Waals surface area contributed by atoms with E-state index in [-0.39, 0.29) is 46.2 Å². The topological polar surface area (TPSA) is 172 Å². The second-order valence-electron chi connectivity index (χ2n) is 15.7. The molecule has 0 aliphatic carbocycles. The van der Waals surface area contributed by atoms with Crippen LogP contribution in [0.25, 0.3) is 0 Å². The van der Waals surface area contributed by atoms with Crippen molar-refractivity contribution in [2.75, 3.05) is 13.2 Å². The van der Waals surface area contributed by atoms with Crippen LogP contribution in [0.2, 0.25) is 0 Å². The number of aliphatic hydroxyl groups excluding tert-OH is 2. The number of benzene rings is 5. The van der Waals surface area contributed by atoms with Gasteiger partial charge in [-0.2, -0.15) is 0 Å². The lowest BCUT2D eigenvalue weighted by Gasteiger charge is -2.49. The molecule has 2 aliphatic heterocycles. The van der Waals surface area contributed by atoms with Gasteiger partial charge in [-0.15, -0.1) is 0 Å². The number of ether oxygens (including phenoxy) is 8. The summed E-state index contributed by atoms with van der Waals surface area (Å²) in [5.74, 6) is -0.433. The zero-order valence-corrected chi connectivity index (χ0v) is 35.6. The van der Waals surface area contributed by atoms with E-state index in [1.807, 2.05) is 152 Å². The lowest BCUT2D eigenvalue weighted by molar-refractivity contribution is -0.337. The smallest absolute Gasteiger partial charge is 0.407 e. The van der Waals surface area contributed by atoms with Gasteiger partial charge >= 0.3 is 6.09 Å². The second-order valence-corrected chi connectivity index (χ2v) is 15.7. The lowest BCUT2D eigenvalue weighted by Crippen LogP contribution is -2.69. The standard InChI is InChI=1S/C50H56N2O12/c1-34(53)51-43-46(59-29-37-21-11-4-12-22-37)44(54)40(32-57-27-35-17-7-2-8-18-35)63-49(43)64-45-41(33-58-28-36-19-9-3-10-20-36)62-48(55)42(47(45)60-30-38-23-13-5-14-24-38)52-50(56)61-31-39-25-15-6-16-26-39/h2-26,40-49,54-55H,27-33H2,1H3,(H,51,53)(H,52,56)/t40-,41-,42-,43-,44-,45-,46-,47-,48-,49+/m1/s1. The van der Waals surface area contributed by atoms with Gasteiger partial charge in [0.05, 0.1) is 39.6 Å². The minimum atomic E-state index is -1.61. The molecule has 5 aromatic carbocycles. The molecule has 2 saturated heterocycles. The molecule has 0 spiro atoms. The summed E-state index contributed by atoms with van der Waals surface area (Å²) in [6, 6.07) is 44.8. The van der Waals surface area contributed by atoms with Crippen LogP contribution in [0, 0.1) is 0 Å². The maximum absolute atomic E-state index is 13.5. The third-order valence-corrected chi connectivity index (χ3v) is 10.9. The molecule has 14 heteroatoms. The molecule has 7 rings (SSSR count). The highest BCUT2D eigenvalue weighted by Gasteiger charge is 2.53. The van der Waals surface area contributed by atoms with Crippen molar-refractivity contribution in [1.82, 2.24) is 10.6 Å². The molecule has 0 aromatic heterocycles. The van der Waals surface area contributed by atoms with Crippen molar-refractivity contribution in [3.05, 3.63) is 179 Å². The van der Waals surface area contributed by atoms with Gasteiger partial charge in [0.1, 0.15) is 55.3 Å². The van der Waals surface area contributed by atoms with E-state index < -0.39 is 73.3 Å². The van der Waals surface area contributed by atoms with Gasteiger partial charge in [-0.1, -0.05) is 152 Å². The van der Waals surface area contributed by atoms with Crippen molar-refractivity contribution >= 4 is 12.0 Å². The average molecular weight is 877 g/mol. The van der Waals surface area contributed by atoms with Gasteiger partial charge in [0.15, 0.2) is 12.6 Å². The summed E-state index contributed by atoms with van der Waals surface area (Å²) in [5.41, 5.74) is 4.23. The zero-order valence-electron chi connectivity index (χ0n) is 35.6. The van der Waals surface area contributed by atoms with E-state index in [0.29, 0.717) is 0 Å². The SMILES string of the molecule is CC(=O)N[C@H]1[C@H](O[C@H]2[C@H](OCc3ccccc3)[C@@H](NC(=O)OCc3ccccc3)[C@H](O)O[C@@H]2COCc2ccccc2)O[C@H](COCc2ccccc2)[C@@H](O)[C@@H]1OCc1ccccc1. The minimum absolute atomic E-state index is 0.0312. The summed E-state index contributed by atoms with van der Waals surface area (Å²) in [6.45, 7) is 1.75. The van der Waals surface area contributed by atoms with Crippen LogP contribution in [0.4, 0.5) is 4.79 Å². The highest BCUT2D eigenvalue weighted by molar-refractivity contribution is 5.73. The van der Waals surface area contributed by atoms with E-state index in [1.54, 1.807) is 0 Å². The number of hydrogen-bond donors (Lipinski definition) is 4. The predicted molar refractivity (Wildman–Crippen MR) is 234 cm³/mol. The van der Waals surface area contributed by atoms with Crippen LogP contribution < -0.4 is 10.6 Å². The lowest BCUT2D eigenvalue weighted by atomic mass is 9.94. The normalized spacial score (nSPS) is 25.5. The summed E-state index contributed by atoms with van der Waals surface area (Å²) < 4.78 is 50.8. The number of amides is 2. The summed E-state index contributed by atoms with van der Waals surface area (Å²) >= 11 is 0. The third-order valence-electron chi connectivity index (χ3n) is 10.9. The molecule has 5 aromatic rings. The largest absolute Gasteiger partial charge is 0.445 e. The highest BCUT2D eigenvalue weighted by Crippen LogP contribution is 2.33. The highest BCUT2D eigenvalue weighted by atomic mass is 16.7. The first-order chi connectivity index (χ1) is 31.3. The number of aliphatic hydroxyl groups is 2. The van der Waals surface area contributed by atoms with Crippen molar-refractivity contribution in [3.8, 4) is 0 Å². The van der Waals surface area contributed by atoms with Gasteiger partial charge in [0.2, 0.25) is 5.91 Å². The molecule has 2 heterocycles. The third kappa shape index (κ3) is 13.5. The van der Waals surface area contributed by atoms with Crippen LogP contribution in [0.15, 0.2) is 152 Å². The van der Waals surface area contributed by atoms with Crippen LogP contribution in [-0.4, -0.2) is 96.7 Å². The molecule has 2 fully saturated rings. The van der Waals surface area contributed by atoms with Crippen molar-refractivity contribution in [1.29, 1.82) is 0 Å². The molecule has 338 valence electrons. The number of carbonyl (C=O) groups is 2. The molecule has 14 nitrogen and oxygen atoms in total. The number of rotatable bonds is 20. The summed E-state index contributed by atoms with van der Waals surface area (Å²) in [5, 5.41) is 29.3. The minimum Gasteiger partial charge on any atom is -0.445 e. The number of carbonyl (C=O) groups excluding carboxylic acids is 2. The maximum atomic E-state index is 13.5. The molecule has 0 unspecified atom stereocenters. The predicted octanol–water partition coefficient (Wildman–Crippen LogP) is 5.58. The fourth-order valence-corrected chi connectivity index (χ4v) is 7.65. The van der Waals surface area contributed by atoms with Crippen molar-refractivity contribution in [3.63, 3.8) is 0 Å². The van der Waals surface area contributed by atoms with Gasteiger partial charge in [-0.05, 0) is 27.8 Å². The van der Waals surface area contributed by atoms with Gasteiger partial charge in [-0.3, -0.25) is 4.79 Å². The summed E-state index contributed by atoms with van der Waals surface area (Å²) in [7, 11) is 0. The second kappa shape index (κ2) is 24.0. The molecular formula is C50H56N2O12. The first-order valence-electron chi connectivity index (χ1n) is 21.4. The molecule has 2 amide bonds. The Hall–Kier alpha value is -5.52. The molecule has 10 atom stereocenters. The molecule has 64 heavy (non-hydrogen) atoms. The quantitative estimate of drug-likeness (QED) is 0.0767. The molecule has 0 bridgehead atoms. The molecule has 0 radical (unpaired) electrons. The van der Waals surface area contributed by atoms with Crippen molar-refractivity contribution in [2.45, 2.75) is 101 Å². The van der Waals surface area contributed by atoms with E-state index in [1.165, 1.54) is 6.92 Å². The summed E-state index contributed by atoms with van der Waals surface area (Å²) in [4.78, 5) is 26.5. The number of alkyl carbamates (subject to hydrolysis) is 1. The Labute approximate surface area is 373 Å². The van der Waals surface area contributed by atoms with E-state index in [4.69, 9.17) is 37.9 Å².